The number of methoxy groups -OCH3 is 1. The maximum absolute atomic E-state index is 13.0. The highest BCUT2D eigenvalue weighted by Gasteiger charge is 2.25. The van der Waals surface area contributed by atoms with E-state index < -0.39 is 15.8 Å². The Labute approximate surface area is 198 Å². The highest BCUT2D eigenvalue weighted by Crippen LogP contribution is 2.28. The van der Waals surface area contributed by atoms with Gasteiger partial charge in [-0.25, -0.2) is 17.1 Å². The lowest BCUT2D eigenvalue weighted by molar-refractivity contribution is -0.117. The number of benzene rings is 2. The molecule has 0 radical (unpaired) electrons. The summed E-state index contributed by atoms with van der Waals surface area (Å²) in [6.45, 7) is 1.37. The molecule has 2 N–H and O–H groups in total. The van der Waals surface area contributed by atoms with Gasteiger partial charge in [-0.15, -0.1) is 0 Å². The standard InChI is InChI=1S/C23H29FN4O5S/c1-27(2)34(31,32)21-14-19(8-9-20(21)33-3)25-22(29)15-28-12-10-18(11-13-28)26-23(30)16-4-6-17(24)7-5-16/h4-9,14,18H,10-13,15H2,1-3H3,(H,25,29)(H,26,30). The number of halogens is 1. The van der Waals surface area contributed by atoms with Crippen molar-refractivity contribution in [3.05, 3.63) is 53.8 Å². The van der Waals surface area contributed by atoms with Crippen LogP contribution in [0, 0.1) is 5.82 Å². The molecule has 0 saturated carbocycles. The first-order chi connectivity index (χ1) is 16.1. The van der Waals surface area contributed by atoms with Crippen LogP contribution in [0.5, 0.6) is 5.75 Å². The Kier molecular flexibility index (Phi) is 8.24. The molecule has 0 atom stereocenters. The summed E-state index contributed by atoms with van der Waals surface area (Å²) in [4.78, 5) is 26.8. The van der Waals surface area contributed by atoms with Crippen molar-refractivity contribution in [2.45, 2.75) is 23.8 Å². The summed E-state index contributed by atoms with van der Waals surface area (Å²) in [6.07, 6.45) is 1.35. The van der Waals surface area contributed by atoms with Gasteiger partial charge in [0.25, 0.3) is 5.91 Å². The number of anilines is 1. The summed E-state index contributed by atoms with van der Waals surface area (Å²) in [5.41, 5.74) is 0.756. The number of hydrogen-bond donors (Lipinski definition) is 2. The van der Waals surface area contributed by atoms with Crippen LogP contribution in [0.1, 0.15) is 23.2 Å². The Morgan fingerprint density at radius 2 is 1.76 bits per heavy atom. The number of nitrogens with zero attached hydrogens (tertiary/aromatic N) is 2. The monoisotopic (exact) mass is 492 g/mol. The molecule has 0 spiro atoms. The number of amides is 2. The van der Waals surface area contributed by atoms with Crippen LogP contribution in [0.3, 0.4) is 0 Å². The second kappa shape index (κ2) is 10.9. The van der Waals surface area contributed by atoms with Gasteiger partial charge in [0.1, 0.15) is 16.5 Å². The quantitative estimate of drug-likeness (QED) is 0.583. The molecule has 34 heavy (non-hydrogen) atoms. The largest absolute Gasteiger partial charge is 0.495 e. The Morgan fingerprint density at radius 3 is 2.35 bits per heavy atom. The van der Waals surface area contributed by atoms with Gasteiger partial charge < -0.3 is 15.4 Å². The van der Waals surface area contributed by atoms with E-state index in [0.29, 0.717) is 37.2 Å². The molecule has 1 heterocycles. The maximum atomic E-state index is 13.0. The van der Waals surface area contributed by atoms with E-state index in [-0.39, 0.29) is 35.0 Å². The van der Waals surface area contributed by atoms with Crippen molar-refractivity contribution >= 4 is 27.5 Å². The van der Waals surface area contributed by atoms with Crippen molar-refractivity contribution in [1.82, 2.24) is 14.5 Å². The molecule has 1 saturated heterocycles. The molecule has 1 aliphatic heterocycles. The molecular weight excluding hydrogens is 463 g/mol. The summed E-state index contributed by atoms with van der Waals surface area (Å²) in [5.74, 6) is -0.726. The highest BCUT2D eigenvalue weighted by molar-refractivity contribution is 7.89. The van der Waals surface area contributed by atoms with Gasteiger partial charge in [-0.2, -0.15) is 0 Å². The molecule has 0 unspecified atom stereocenters. The second-order valence-corrected chi connectivity index (χ2v) is 10.4. The van der Waals surface area contributed by atoms with Crippen molar-refractivity contribution in [3.63, 3.8) is 0 Å². The fourth-order valence-corrected chi connectivity index (χ4v) is 4.74. The number of piperidine rings is 1. The second-order valence-electron chi connectivity index (χ2n) is 8.23. The van der Waals surface area contributed by atoms with E-state index in [0.717, 1.165) is 4.31 Å². The maximum Gasteiger partial charge on any atom is 0.251 e. The zero-order valence-corrected chi connectivity index (χ0v) is 20.2. The van der Waals surface area contributed by atoms with Crippen molar-refractivity contribution in [2.24, 2.45) is 0 Å². The summed E-state index contributed by atoms with van der Waals surface area (Å²) in [5, 5.41) is 5.69. The average Bonchev–Trinajstić information content (AvgIpc) is 2.80. The molecule has 2 aromatic carbocycles. The van der Waals surface area contributed by atoms with E-state index in [2.05, 4.69) is 10.6 Å². The molecule has 2 amide bonds. The van der Waals surface area contributed by atoms with Crippen LogP contribution in [0.4, 0.5) is 10.1 Å². The third-order valence-electron chi connectivity index (χ3n) is 5.60. The van der Waals surface area contributed by atoms with Gasteiger partial charge in [-0.1, -0.05) is 0 Å². The molecule has 9 nitrogen and oxygen atoms in total. The fraction of sp³-hybridized carbons (Fsp3) is 0.391. The topological polar surface area (TPSA) is 108 Å². The zero-order valence-electron chi connectivity index (χ0n) is 19.4. The minimum atomic E-state index is -3.75. The molecule has 0 aromatic heterocycles. The molecule has 0 aliphatic carbocycles. The van der Waals surface area contributed by atoms with E-state index in [1.807, 2.05) is 4.90 Å². The third-order valence-corrected chi connectivity index (χ3v) is 7.44. The van der Waals surface area contributed by atoms with Crippen molar-refractivity contribution < 1.29 is 27.1 Å². The Balaban J connectivity index is 1.53. The van der Waals surface area contributed by atoms with E-state index in [1.165, 1.54) is 57.6 Å². The molecule has 1 aliphatic rings. The van der Waals surface area contributed by atoms with Gasteiger partial charge >= 0.3 is 0 Å². The van der Waals surface area contributed by atoms with Gasteiger partial charge in [0.05, 0.1) is 13.7 Å². The molecule has 3 rings (SSSR count). The molecular formula is C23H29FN4O5S. The highest BCUT2D eigenvalue weighted by atomic mass is 32.2. The average molecular weight is 493 g/mol. The van der Waals surface area contributed by atoms with Crippen LogP contribution in [-0.2, 0) is 14.8 Å². The van der Waals surface area contributed by atoms with Crippen LogP contribution in [0.2, 0.25) is 0 Å². The molecule has 184 valence electrons. The Morgan fingerprint density at radius 1 is 1.12 bits per heavy atom. The number of carbonyl (C=O) groups excluding carboxylic acids is 2. The first kappa shape index (κ1) is 25.6. The number of sulfonamides is 1. The van der Waals surface area contributed by atoms with Gasteiger partial charge in [-0.3, -0.25) is 14.5 Å². The lowest BCUT2D eigenvalue weighted by Gasteiger charge is -2.31. The van der Waals surface area contributed by atoms with E-state index >= 15 is 0 Å². The van der Waals surface area contributed by atoms with Crippen LogP contribution >= 0.6 is 0 Å². The fourth-order valence-electron chi connectivity index (χ4n) is 3.66. The summed E-state index contributed by atoms with van der Waals surface area (Å²) in [7, 11) is 0.478. The Bertz CT molecular complexity index is 1130. The van der Waals surface area contributed by atoms with Gasteiger partial charge in [0.2, 0.25) is 15.9 Å². The minimum Gasteiger partial charge on any atom is -0.495 e. The molecule has 2 aromatic rings. The van der Waals surface area contributed by atoms with Gasteiger partial charge in [-0.05, 0) is 55.3 Å². The lowest BCUT2D eigenvalue weighted by Crippen LogP contribution is -2.46. The molecule has 1 fully saturated rings. The van der Waals surface area contributed by atoms with Crippen LogP contribution in [0.25, 0.3) is 0 Å². The molecule has 0 bridgehead atoms. The van der Waals surface area contributed by atoms with Gasteiger partial charge in [0.15, 0.2) is 0 Å². The summed E-state index contributed by atoms with van der Waals surface area (Å²) >= 11 is 0. The Hall–Kier alpha value is -3.02. The number of rotatable bonds is 8. The van der Waals surface area contributed by atoms with Crippen molar-refractivity contribution in [1.29, 1.82) is 0 Å². The third kappa shape index (κ3) is 6.31. The number of hydrogen-bond acceptors (Lipinski definition) is 6. The van der Waals surface area contributed by atoms with E-state index in [9.17, 15) is 22.4 Å². The first-order valence-electron chi connectivity index (χ1n) is 10.8. The smallest absolute Gasteiger partial charge is 0.251 e. The zero-order chi connectivity index (χ0) is 24.9. The first-order valence-corrected chi connectivity index (χ1v) is 12.2. The van der Waals surface area contributed by atoms with E-state index in [1.54, 1.807) is 6.07 Å². The van der Waals surface area contributed by atoms with Crippen molar-refractivity contribution in [3.8, 4) is 5.75 Å². The minimum absolute atomic E-state index is 0.0303. The lowest BCUT2D eigenvalue weighted by atomic mass is 10.0. The summed E-state index contributed by atoms with van der Waals surface area (Å²) < 4.78 is 44.4. The molecule has 11 heteroatoms. The number of ether oxygens (including phenoxy) is 1. The number of likely N-dealkylation sites (tertiary alicyclic amines) is 1. The van der Waals surface area contributed by atoms with Crippen LogP contribution in [0.15, 0.2) is 47.4 Å². The van der Waals surface area contributed by atoms with Crippen LogP contribution in [-0.4, -0.2) is 76.3 Å². The predicted octanol–water partition coefficient (Wildman–Crippen LogP) is 1.92. The normalized spacial score (nSPS) is 15.2. The number of nitrogens with one attached hydrogen (secondary N) is 2. The predicted molar refractivity (Wildman–Crippen MR) is 126 cm³/mol. The van der Waals surface area contributed by atoms with Gasteiger partial charge in [0, 0.05) is 44.5 Å². The van der Waals surface area contributed by atoms with Crippen LogP contribution < -0.4 is 15.4 Å². The number of carbonyl (C=O) groups is 2. The SMILES string of the molecule is COc1ccc(NC(=O)CN2CCC(NC(=O)c3ccc(F)cc3)CC2)cc1S(=O)(=O)N(C)C. The summed E-state index contributed by atoms with van der Waals surface area (Å²) in [6, 6.07) is 9.82. The van der Waals surface area contributed by atoms with Crippen molar-refractivity contribution in [2.75, 3.05) is 46.2 Å². The van der Waals surface area contributed by atoms with E-state index in [4.69, 9.17) is 4.74 Å².